The van der Waals surface area contributed by atoms with Crippen molar-refractivity contribution in [1.29, 1.82) is 0 Å². The average Bonchev–Trinajstić information content (AvgIpc) is 2.86. The van der Waals surface area contributed by atoms with Gasteiger partial charge in [-0.1, -0.05) is 45.9 Å². The summed E-state index contributed by atoms with van der Waals surface area (Å²) in [6, 6.07) is 11.5. The van der Waals surface area contributed by atoms with Crippen molar-refractivity contribution in [2.24, 2.45) is 0 Å². The van der Waals surface area contributed by atoms with E-state index in [9.17, 15) is 9.59 Å². The van der Waals surface area contributed by atoms with Crippen LogP contribution in [0.1, 0.15) is 86.7 Å². The molecule has 0 aromatic heterocycles. The topological polar surface area (TPSA) is 82.7 Å². The van der Waals surface area contributed by atoms with Crippen LogP contribution in [0.15, 0.2) is 36.4 Å². The summed E-state index contributed by atoms with van der Waals surface area (Å²) in [5.41, 5.74) is 5.15. The molecule has 0 unspecified atom stereocenters. The number of hydrogen-bond donors (Lipinski definition) is 3. The number of carbonyl (C=O) groups is 2. The highest BCUT2D eigenvalue weighted by atomic mass is 16.5. The second-order valence-corrected chi connectivity index (χ2v) is 10.1. The number of nitrogens with one attached hydrogen (secondary N) is 3. The predicted octanol–water partition coefficient (Wildman–Crippen LogP) is 6.33. The van der Waals surface area contributed by atoms with Crippen LogP contribution in [-0.4, -0.2) is 45.3 Å². The van der Waals surface area contributed by atoms with Gasteiger partial charge in [-0.05, 0) is 66.8 Å². The minimum atomic E-state index is -0.317. The van der Waals surface area contributed by atoms with E-state index in [1.165, 1.54) is 6.42 Å². The molecule has 0 atom stereocenters. The minimum Gasteiger partial charge on any atom is -0.385 e. The third-order valence-corrected chi connectivity index (χ3v) is 6.62. The number of methoxy groups -OCH3 is 1. The number of urea groups is 1. The maximum absolute atomic E-state index is 13.1. The third-order valence-electron chi connectivity index (χ3n) is 6.62. The van der Waals surface area contributed by atoms with E-state index in [1.807, 2.05) is 18.2 Å². The molecule has 1 aliphatic rings. The van der Waals surface area contributed by atoms with E-state index < -0.39 is 0 Å². The lowest BCUT2D eigenvalue weighted by Gasteiger charge is -2.30. The minimum absolute atomic E-state index is 0.136. The normalized spacial score (nSPS) is 13.7. The van der Waals surface area contributed by atoms with Crippen LogP contribution in [0.3, 0.4) is 0 Å². The van der Waals surface area contributed by atoms with E-state index in [2.05, 4.69) is 60.7 Å². The van der Waals surface area contributed by atoms with Gasteiger partial charge in [0.25, 0.3) is 5.91 Å². The zero-order valence-corrected chi connectivity index (χ0v) is 22.4. The number of para-hydroxylation sites is 1. The highest BCUT2D eigenvalue weighted by Crippen LogP contribution is 2.33. The highest BCUT2D eigenvalue weighted by Gasteiger charge is 2.20. The average molecular weight is 495 g/mol. The van der Waals surface area contributed by atoms with Gasteiger partial charge in [0.15, 0.2) is 0 Å². The van der Waals surface area contributed by atoms with Gasteiger partial charge in [-0.15, -0.1) is 0 Å². The SMILES string of the molecule is COCCCNC(=O)c1cc(NC(=O)Nc2c(C(C)C)cccc2C(C)C)ccc1N1CCCCC1. The number of hydrogen-bond acceptors (Lipinski definition) is 4. The zero-order chi connectivity index (χ0) is 26.1. The Kier molecular flexibility index (Phi) is 10.2. The van der Waals surface area contributed by atoms with E-state index in [-0.39, 0.29) is 23.8 Å². The summed E-state index contributed by atoms with van der Waals surface area (Å²) in [6.45, 7) is 11.5. The van der Waals surface area contributed by atoms with Gasteiger partial charge in [0.2, 0.25) is 0 Å². The summed E-state index contributed by atoms with van der Waals surface area (Å²) in [5, 5.41) is 9.05. The summed E-state index contributed by atoms with van der Waals surface area (Å²) in [6.07, 6.45) is 4.19. The molecule has 1 fully saturated rings. The number of benzene rings is 2. The molecule has 3 rings (SSSR count). The number of nitrogens with zero attached hydrogens (tertiary/aromatic N) is 1. The van der Waals surface area contributed by atoms with Crippen LogP contribution < -0.4 is 20.9 Å². The van der Waals surface area contributed by atoms with E-state index in [0.717, 1.165) is 54.9 Å². The molecule has 3 N–H and O–H groups in total. The molecule has 36 heavy (non-hydrogen) atoms. The summed E-state index contributed by atoms with van der Waals surface area (Å²) >= 11 is 0. The molecule has 0 spiro atoms. The summed E-state index contributed by atoms with van der Waals surface area (Å²) in [7, 11) is 1.65. The van der Waals surface area contributed by atoms with Gasteiger partial charge < -0.3 is 25.6 Å². The van der Waals surface area contributed by atoms with Crippen molar-refractivity contribution in [3.8, 4) is 0 Å². The lowest BCUT2D eigenvalue weighted by Crippen LogP contribution is -2.33. The fourth-order valence-corrected chi connectivity index (χ4v) is 4.69. The van der Waals surface area contributed by atoms with E-state index in [1.54, 1.807) is 13.2 Å². The molecule has 2 aromatic rings. The summed E-state index contributed by atoms with van der Waals surface area (Å²) in [4.78, 5) is 28.5. The number of rotatable bonds is 10. The van der Waals surface area contributed by atoms with Crippen LogP contribution in [0.2, 0.25) is 0 Å². The molecule has 3 amide bonds. The Labute approximate surface area is 216 Å². The van der Waals surface area contributed by atoms with Gasteiger partial charge in [0.05, 0.1) is 5.56 Å². The standard InChI is InChI=1S/C29H42N4O3/c1-20(2)23-11-9-12-24(21(3)4)27(23)32-29(35)31-22-13-14-26(33-16-7-6-8-17-33)25(19-22)28(34)30-15-10-18-36-5/h9,11-14,19-21H,6-8,10,15-18H2,1-5H3,(H,30,34)(H2,31,32,35). The first-order valence-corrected chi connectivity index (χ1v) is 13.2. The molecule has 1 heterocycles. The summed E-state index contributed by atoms with van der Waals surface area (Å²) < 4.78 is 5.09. The molecule has 1 saturated heterocycles. The van der Waals surface area contributed by atoms with Crippen molar-refractivity contribution >= 4 is 29.0 Å². The fraction of sp³-hybridized carbons (Fsp3) is 0.517. The maximum atomic E-state index is 13.1. The van der Waals surface area contributed by atoms with Crippen molar-refractivity contribution < 1.29 is 14.3 Å². The number of carbonyl (C=O) groups excluding carboxylic acids is 2. The Morgan fingerprint density at radius 1 is 0.944 bits per heavy atom. The smallest absolute Gasteiger partial charge is 0.323 e. The Morgan fingerprint density at radius 2 is 1.61 bits per heavy atom. The molecule has 0 bridgehead atoms. The lowest BCUT2D eigenvalue weighted by molar-refractivity contribution is 0.0949. The van der Waals surface area contributed by atoms with Crippen LogP contribution in [0.4, 0.5) is 21.9 Å². The van der Waals surface area contributed by atoms with Crippen molar-refractivity contribution in [3.05, 3.63) is 53.1 Å². The van der Waals surface area contributed by atoms with Crippen LogP contribution in [0, 0.1) is 0 Å². The van der Waals surface area contributed by atoms with E-state index in [4.69, 9.17) is 4.74 Å². The third kappa shape index (κ3) is 7.23. The number of anilines is 3. The summed E-state index contributed by atoms with van der Waals surface area (Å²) in [5.74, 6) is 0.412. The van der Waals surface area contributed by atoms with Crippen LogP contribution in [0.5, 0.6) is 0 Å². The molecule has 0 radical (unpaired) electrons. The van der Waals surface area contributed by atoms with Gasteiger partial charge in [0.1, 0.15) is 0 Å². The Hall–Kier alpha value is -3.06. The number of amides is 3. The predicted molar refractivity (Wildman–Crippen MR) is 149 cm³/mol. The van der Waals surface area contributed by atoms with E-state index >= 15 is 0 Å². The van der Waals surface area contributed by atoms with Gasteiger partial charge in [0, 0.05) is 50.4 Å². The monoisotopic (exact) mass is 494 g/mol. The molecule has 7 heteroatoms. The molecule has 1 aliphatic heterocycles. The van der Waals surface area contributed by atoms with Crippen LogP contribution in [-0.2, 0) is 4.74 Å². The van der Waals surface area contributed by atoms with Crippen LogP contribution in [0.25, 0.3) is 0 Å². The first-order chi connectivity index (χ1) is 17.3. The van der Waals surface area contributed by atoms with Crippen molar-refractivity contribution in [2.75, 3.05) is 48.9 Å². The van der Waals surface area contributed by atoms with E-state index in [0.29, 0.717) is 24.4 Å². The Bertz CT molecular complexity index is 1000. The molecule has 196 valence electrons. The lowest BCUT2D eigenvalue weighted by atomic mass is 9.93. The number of piperidine rings is 1. The largest absolute Gasteiger partial charge is 0.385 e. The molecule has 0 aliphatic carbocycles. The zero-order valence-electron chi connectivity index (χ0n) is 22.4. The maximum Gasteiger partial charge on any atom is 0.323 e. The quantitative estimate of drug-likeness (QED) is 0.337. The molecular weight excluding hydrogens is 452 g/mol. The van der Waals surface area contributed by atoms with Gasteiger partial charge in [-0.2, -0.15) is 0 Å². The second kappa shape index (κ2) is 13.3. The van der Waals surface area contributed by atoms with Crippen molar-refractivity contribution in [2.45, 2.75) is 65.2 Å². The van der Waals surface area contributed by atoms with Crippen LogP contribution >= 0.6 is 0 Å². The molecule has 2 aromatic carbocycles. The molecule has 7 nitrogen and oxygen atoms in total. The molecular formula is C29H42N4O3. The first kappa shape index (κ1) is 27.5. The first-order valence-electron chi connectivity index (χ1n) is 13.2. The Morgan fingerprint density at radius 3 is 2.22 bits per heavy atom. The van der Waals surface area contributed by atoms with Gasteiger partial charge in [-0.25, -0.2) is 4.79 Å². The fourth-order valence-electron chi connectivity index (χ4n) is 4.69. The number of ether oxygens (including phenoxy) is 1. The highest BCUT2D eigenvalue weighted by molar-refractivity contribution is 6.04. The van der Waals surface area contributed by atoms with Gasteiger partial charge in [-0.3, -0.25) is 4.79 Å². The molecule has 0 saturated carbocycles. The van der Waals surface area contributed by atoms with Crippen molar-refractivity contribution in [1.82, 2.24) is 5.32 Å². The Balaban J connectivity index is 1.82. The van der Waals surface area contributed by atoms with Gasteiger partial charge >= 0.3 is 6.03 Å². The van der Waals surface area contributed by atoms with Crippen molar-refractivity contribution in [3.63, 3.8) is 0 Å². The second-order valence-electron chi connectivity index (χ2n) is 10.1.